The second-order valence-electron chi connectivity index (χ2n) is 5.99. The molecule has 5 nitrogen and oxygen atoms in total. The molecule has 0 radical (unpaired) electrons. The number of oxime groups is 1. The maximum atomic E-state index is 12.3. The molecule has 1 amide bonds. The molecule has 1 aromatic rings. The van der Waals surface area contributed by atoms with Gasteiger partial charge >= 0.3 is 0 Å². The molecular weight excluding hydrogens is 266 g/mol. The second-order valence-corrected chi connectivity index (χ2v) is 5.99. The molecule has 0 unspecified atom stereocenters. The van der Waals surface area contributed by atoms with E-state index >= 15 is 0 Å². The third-order valence-corrected chi connectivity index (χ3v) is 4.32. The van der Waals surface area contributed by atoms with Crippen LogP contribution in [0, 0.1) is 5.41 Å². The van der Waals surface area contributed by atoms with E-state index in [-0.39, 0.29) is 17.2 Å². The zero-order valence-electron chi connectivity index (χ0n) is 12.4. The first-order valence-electron chi connectivity index (χ1n) is 7.40. The molecule has 2 rings (SSSR count). The molecule has 4 N–H and O–H groups in total. The van der Waals surface area contributed by atoms with E-state index in [2.05, 4.69) is 17.4 Å². The van der Waals surface area contributed by atoms with E-state index in [9.17, 15) is 4.79 Å². The van der Waals surface area contributed by atoms with Crippen molar-refractivity contribution in [1.82, 2.24) is 5.32 Å². The molecule has 0 saturated heterocycles. The fourth-order valence-corrected chi connectivity index (χ4v) is 2.81. The van der Waals surface area contributed by atoms with Crippen LogP contribution in [0.5, 0.6) is 0 Å². The fraction of sp³-hybridized carbons (Fsp3) is 0.500. The summed E-state index contributed by atoms with van der Waals surface area (Å²) in [5.74, 6) is 0.225. The number of nitrogens with zero attached hydrogens (tertiary/aromatic N) is 1. The Kier molecular flexibility index (Phi) is 4.83. The smallest absolute Gasteiger partial charge is 0.226 e. The molecule has 0 aliphatic heterocycles. The number of nitrogens with two attached hydrogens (primary N) is 1. The van der Waals surface area contributed by atoms with E-state index in [1.165, 1.54) is 6.42 Å². The predicted octanol–water partition coefficient (Wildman–Crippen LogP) is 2.37. The van der Waals surface area contributed by atoms with Crippen molar-refractivity contribution in [1.29, 1.82) is 0 Å². The maximum Gasteiger partial charge on any atom is 0.226 e. The zero-order valence-corrected chi connectivity index (χ0v) is 12.4. The summed E-state index contributed by atoms with van der Waals surface area (Å²) in [5.41, 5.74) is 6.95. The quantitative estimate of drug-likeness (QED) is 0.344. The molecule has 5 heteroatoms. The molecule has 114 valence electrons. The molecule has 0 bridgehead atoms. The number of rotatable bonds is 4. The molecule has 0 spiro atoms. The van der Waals surface area contributed by atoms with Crippen molar-refractivity contribution in [2.45, 2.75) is 45.6 Å². The molecule has 1 saturated carbocycles. The summed E-state index contributed by atoms with van der Waals surface area (Å²) < 4.78 is 0. The Morgan fingerprint density at radius 3 is 2.48 bits per heavy atom. The van der Waals surface area contributed by atoms with Crippen molar-refractivity contribution < 1.29 is 10.0 Å². The Balaban J connectivity index is 1.92. The normalized spacial score (nSPS) is 18.2. The van der Waals surface area contributed by atoms with Crippen molar-refractivity contribution in [2.24, 2.45) is 16.3 Å². The Morgan fingerprint density at radius 1 is 1.29 bits per heavy atom. The lowest BCUT2D eigenvalue weighted by atomic mass is 9.75. The first-order valence-corrected chi connectivity index (χ1v) is 7.40. The van der Waals surface area contributed by atoms with Crippen LogP contribution < -0.4 is 11.1 Å². The Morgan fingerprint density at radius 2 is 1.90 bits per heavy atom. The summed E-state index contributed by atoms with van der Waals surface area (Å²) in [6.07, 6.45) is 5.46. The lowest BCUT2D eigenvalue weighted by Gasteiger charge is -2.32. The summed E-state index contributed by atoms with van der Waals surface area (Å²) in [6.45, 7) is 2.56. The molecule has 1 aromatic carbocycles. The van der Waals surface area contributed by atoms with Crippen molar-refractivity contribution in [2.75, 3.05) is 0 Å². The van der Waals surface area contributed by atoms with E-state index in [1.54, 1.807) is 12.1 Å². The Bertz CT molecular complexity index is 517. The number of hydrogen-bond donors (Lipinski definition) is 3. The minimum absolute atomic E-state index is 0.0836. The van der Waals surface area contributed by atoms with Crippen LogP contribution in [0.4, 0.5) is 0 Å². The van der Waals surface area contributed by atoms with Crippen LogP contribution >= 0.6 is 0 Å². The summed E-state index contributed by atoms with van der Waals surface area (Å²) in [7, 11) is 0. The highest BCUT2D eigenvalue weighted by molar-refractivity contribution is 5.96. The number of nitrogens with one attached hydrogen (secondary N) is 1. The summed E-state index contributed by atoms with van der Waals surface area (Å²) in [4.78, 5) is 12.3. The van der Waals surface area contributed by atoms with Gasteiger partial charge in [-0.15, -0.1) is 0 Å². The summed E-state index contributed by atoms with van der Waals surface area (Å²) in [6, 6.07) is 7.30. The fourth-order valence-electron chi connectivity index (χ4n) is 2.81. The molecule has 1 fully saturated rings. The van der Waals surface area contributed by atoms with Gasteiger partial charge in [-0.05, 0) is 18.4 Å². The van der Waals surface area contributed by atoms with E-state index in [0.717, 1.165) is 31.2 Å². The van der Waals surface area contributed by atoms with Crippen LogP contribution in [0.1, 0.15) is 50.2 Å². The number of carbonyl (C=O) groups is 1. The third kappa shape index (κ3) is 3.74. The van der Waals surface area contributed by atoms with Gasteiger partial charge in [0.15, 0.2) is 5.84 Å². The lowest BCUT2D eigenvalue weighted by Crippen LogP contribution is -2.39. The van der Waals surface area contributed by atoms with Crippen LogP contribution in [-0.2, 0) is 11.3 Å². The van der Waals surface area contributed by atoms with E-state index < -0.39 is 0 Å². The number of amides is 1. The van der Waals surface area contributed by atoms with Gasteiger partial charge in [0.2, 0.25) is 5.91 Å². The standard InChI is InChI=1S/C16H23N3O2/c1-16(9-3-2-4-10-16)15(20)18-11-12-5-7-13(8-6-12)14(17)19-21/h5-8,21H,2-4,9-11H2,1H3,(H2,17,19)(H,18,20). The van der Waals surface area contributed by atoms with Gasteiger partial charge in [-0.25, -0.2) is 0 Å². The van der Waals surface area contributed by atoms with Crippen LogP contribution in [0.15, 0.2) is 29.4 Å². The molecule has 0 aromatic heterocycles. The molecule has 1 aliphatic carbocycles. The molecule has 21 heavy (non-hydrogen) atoms. The van der Waals surface area contributed by atoms with Crippen LogP contribution in [0.25, 0.3) is 0 Å². The molecule has 0 heterocycles. The molecule has 0 atom stereocenters. The summed E-state index contributed by atoms with van der Waals surface area (Å²) in [5, 5.41) is 14.6. The Hall–Kier alpha value is -2.04. The number of benzene rings is 1. The van der Waals surface area contributed by atoms with Gasteiger partial charge in [-0.1, -0.05) is 55.6 Å². The van der Waals surface area contributed by atoms with Crippen LogP contribution in [-0.4, -0.2) is 17.0 Å². The SMILES string of the molecule is CC1(C(=O)NCc2ccc(/C(N)=N/O)cc2)CCCCC1. The average Bonchev–Trinajstić information content (AvgIpc) is 2.53. The van der Waals surface area contributed by atoms with E-state index in [4.69, 9.17) is 10.9 Å². The Labute approximate surface area is 125 Å². The second kappa shape index (κ2) is 6.61. The van der Waals surface area contributed by atoms with E-state index in [1.807, 2.05) is 12.1 Å². The van der Waals surface area contributed by atoms with Gasteiger partial charge in [0, 0.05) is 17.5 Å². The van der Waals surface area contributed by atoms with Gasteiger partial charge in [0.1, 0.15) is 0 Å². The number of carbonyl (C=O) groups excluding carboxylic acids is 1. The molecule has 1 aliphatic rings. The van der Waals surface area contributed by atoms with E-state index in [0.29, 0.717) is 12.1 Å². The van der Waals surface area contributed by atoms with Crippen molar-refractivity contribution in [3.8, 4) is 0 Å². The predicted molar refractivity (Wildman–Crippen MR) is 82.0 cm³/mol. The third-order valence-electron chi connectivity index (χ3n) is 4.32. The van der Waals surface area contributed by atoms with Crippen LogP contribution in [0.3, 0.4) is 0 Å². The first kappa shape index (κ1) is 15.4. The first-order chi connectivity index (χ1) is 10.0. The van der Waals surface area contributed by atoms with Gasteiger partial charge in [0.25, 0.3) is 0 Å². The summed E-state index contributed by atoms with van der Waals surface area (Å²) >= 11 is 0. The topological polar surface area (TPSA) is 87.7 Å². The number of hydrogen-bond acceptors (Lipinski definition) is 3. The largest absolute Gasteiger partial charge is 0.409 e. The highest BCUT2D eigenvalue weighted by Gasteiger charge is 2.34. The van der Waals surface area contributed by atoms with Gasteiger partial charge in [-0.2, -0.15) is 0 Å². The van der Waals surface area contributed by atoms with Gasteiger partial charge < -0.3 is 16.3 Å². The van der Waals surface area contributed by atoms with Gasteiger partial charge in [-0.3, -0.25) is 4.79 Å². The zero-order chi connectivity index (χ0) is 15.3. The van der Waals surface area contributed by atoms with Crippen molar-refractivity contribution in [3.05, 3.63) is 35.4 Å². The van der Waals surface area contributed by atoms with Crippen molar-refractivity contribution >= 4 is 11.7 Å². The minimum atomic E-state index is -0.216. The highest BCUT2D eigenvalue weighted by atomic mass is 16.4. The highest BCUT2D eigenvalue weighted by Crippen LogP contribution is 2.35. The van der Waals surface area contributed by atoms with Crippen LogP contribution in [0.2, 0.25) is 0 Å². The maximum absolute atomic E-state index is 12.3. The minimum Gasteiger partial charge on any atom is -0.409 e. The molecular formula is C16H23N3O2. The van der Waals surface area contributed by atoms with Crippen molar-refractivity contribution in [3.63, 3.8) is 0 Å². The monoisotopic (exact) mass is 289 g/mol. The van der Waals surface area contributed by atoms with Gasteiger partial charge in [0.05, 0.1) is 0 Å². The lowest BCUT2D eigenvalue weighted by molar-refractivity contribution is -0.132. The number of amidine groups is 1. The average molecular weight is 289 g/mol.